The van der Waals surface area contributed by atoms with Gasteiger partial charge in [-0.25, -0.2) is 0 Å². The number of nitrogen functional groups attached to an aromatic ring is 1. The van der Waals surface area contributed by atoms with Crippen molar-refractivity contribution in [1.29, 1.82) is 0 Å². The molecule has 1 aliphatic rings. The molecule has 1 aromatic carbocycles. The monoisotopic (exact) mass is 287 g/mol. The number of nitrogens with two attached hydrogens (primary N) is 1. The largest absolute Gasteiger partial charge is 0.489 e. The molecule has 112 valence electrons. The Kier molecular flexibility index (Phi) is 4.46. The molecule has 1 fully saturated rings. The van der Waals surface area contributed by atoms with Gasteiger partial charge in [-0.15, -0.1) is 0 Å². The van der Waals surface area contributed by atoms with Crippen molar-refractivity contribution < 1.29 is 14.3 Å². The third-order valence-electron chi connectivity index (χ3n) is 4.16. The van der Waals surface area contributed by atoms with E-state index in [0.717, 1.165) is 12.8 Å². The standard InChI is InChI=1S/C17H21NO3/c1-12(11-21-15-7-5-6-14(18)10-15)17(13(2)19)9-4-3-8-16(17)20/h5-7,10H,1,3-4,8-9,11,18H2,2H3. The van der Waals surface area contributed by atoms with Crippen LogP contribution in [-0.4, -0.2) is 18.2 Å². The van der Waals surface area contributed by atoms with Crippen molar-refractivity contribution in [3.63, 3.8) is 0 Å². The molecule has 4 heteroatoms. The number of hydrogen-bond acceptors (Lipinski definition) is 4. The van der Waals surface area contributed by atoms with E-state index in [0.29, 0.717) is 29.9 Å². The SMILES string of the molecule is C=C(COc1cccc(N)c1)C1(C(C)=O)CCCCC1=O. The van der Waals surface area contributed by atoms with Crippen LogP contribution in [-0.2, 0) is 9.59 Å². The molecule has 2 N–H and O–H groups in total. The predicted molar refractivity (Wildman–Crippen MR) is 82.1 cm³/mol. The summed E-state index contributed by atoms with van der Waals surface area (Å²) in [6, 6.07) is 7.05. The fourth-order valence-corrected chi connectivity index (χ4v) is 2.92. The lowest BCUT2D eigenvalue weighted by molar-refractivity contribution is -0.139. The van der Waals surface area contributed by atoms with Gasteiger partial charge in [-0.05, 0) is 37.5 Å². The first-order valence-corrected chi connectivity index (χ1v) is 7.18. The molecular weight excluding hydrogens is 266 g/mol. The number of benzene rings is 1. The Morgan fingerprint density at radius 2 is 2.19 bits per heavy atom. The molecule has 0 aliphatic heterocycles. The number of carbonyl (C=O) groups is 2. The maximum absolute atomic E-state index is 12.3. The van der Waals surface area contributed by atoms with Gasteiger partial charge in [0.05, 0.1) is 0 Å². The summed E-state index contributed by atoms with van der Waals surface area (Å²) < 4.78 is 5.64. The van der Waals surface area contributed by atoms with Gasteiger partial charge in [-0.2, -0.15) is 0 Å². The van der Waals surface area contributed by atoms with Crippen LogP contribution in [0.15, 0.2) is 36.4 Å². The molecule has 1 aliphatic carbocycles. The zero-order chi connectivity index (χ0) is 15.5. The molecule has 4 nitrogen and oxygen atoms in total. The first kappa shape index (κ1) is 15.3. The summed E-state index contributed by atoms with van der Waals surface area (Å²) in [6.07, 6.45) is 2.69. The summed E-state index contributed by atoms with van der Waals surface area (Å²) in [7, 11) is 0. The number of ketones is 2. The summed E-state index contributed by atoms with van der Waals surface area (Å²) >= 11 is 0. The van der Waals surface area contributed by atoms with Gasteiger partial charge in [0.15, 0.2) is 5.78 Å². The summed E-state index contributed by atoms with van der Waals surface area (Å²) in [5.41, 5.74) is 5.78. The van der Waals surface area contributed by atoms with Crippen molar-refractivity contribution in [3.8, 4) is 5.75 Å². The average Bonchev–Trinajstić information content (AvgIpc) is 2.45. The fraction of sp³-hybridized carbons (Fsp3) is 0.412. The number of ether oxygens (including phenoxy) is 1. The van der Waals surface area contributed by atoms with Crippen LogP contribution in [0.2, 0.25) is 0 Å². The minimum atomic E-state index is -1.06. The van der Waals surface area contributed by atoms with E-state index >= 15 is 0 Å². The number of Topliss-reactive ketones (excluding diaryl/α,β-unsaturated/α-hetero) is 2. The Morgan fingerprint density at radius 1 is 1.43 bits per heavy atom. The first-order chi connectivity index (χ1) is 9.96. The Hall–Kier alpha value is -2.10. The quantitative estimate of drug-likeness (QED) is 0.513. The third-order valence-corrected chi connectivity index (χ3v) is 4.16. The van der Waals surface area contributed by atoms with Gasteiger partial charge < -0.3 is 10.5 Å². The van der Waals surface area contributed by atoms with Crippen LogP contribution in [0.3, 0.4) is 0 Å². The summed E-state index contributed by atoms with van der Waals surface area (Å²) in [5, 5.41) is 0. The van der Waals surface area contributed by atoms with E-state index in [4.69, 9.17) is 10.5 Å². The van der Waals surface area contributed by atoms with Crippen LogP contribution in [0.1, 0.15) is 32.6 Å². The normalized spacial score (nSPS) is 21.9. The van der Waals surface area contributed by atoms with E-state index in [-0.39, 0.29) is 18.2 Å². The molecule has 1 atom stereocenters. The van der Waals surface area contributed by atoms with Crippen LogP contribution < -0.4 is 10.5 Å². The topological polar surface area (TPSA) is 69.4 Å². The minimum Gasteiger partial charge on any atom is -0.489 e. The second kappa shape index (κ2) is 6.12. The smallest absolute Gasteiger partial charge is 0.150 e. The minimum absolute atomic E-state index is 0.0255. The molecule has 0 amide bonds. The highest BCUT2D eigenvalue weighted by Crippen LogP contribution is 2.40. The van der Waals surface area contributed by atoms with Gasteiger partial charge in [0.25, 0.3) is 0 Å². The zero-order valence-electron chi connectivity index (χ0n) is 12.4. The molecule has 0 heterocycles. The lowest BCUT2D eigenvalue weighted by Gasteiger charge is -2.35. The number of rotatable bonds is 5. The van der Waals surface area contributed by atoms with Crippen LogP contribution in [0.5, 0.6) is 5.75 Å². The van der Waals surface area contributed by atoms with Gasteiger partial charge in [0.2, 0.25) is 0 Å². The molecule has 0 saturated heterocycles. The lowest BCUT2D eigenvalue weighted by atomic mass is 9.66. The van der Waals surface area contributed by atoms with Gasteiger partial charge in [-0.1, -0.05) is 19.1 Å². The number of carbonyl (C=O) groups excluding carboxylic acids is 2. The zero-order valence-corrected chi connectivity index (χ0v) is 12.4. The van der Waals surface area contributed by atoms with E-state index in [9.17, 15) is 9.59 Å². The lowest BCUT2D eigenvalue weighted by Crippen LogP contribution is -2.43. The van der Waals surface area contributed by atoms with Crippen molar-refractivity contribution in [3.05, 3.63) is 36.4 Å². The van der Waals surface area contributed by atoms with E-state index < -0.39 is 5.41 Å². The molecule has 1 unspecified atom stereocenters. The Balaban J connectivity index is 2.13. The first-order valence-electron chi connectivity index (χ1n) is 7.18. The average molecular weight is 287 g/mol. The molecule has 21 heavy (non-hydrogen) atoms. The van der Waals surface area contributed by atoms with Crippen molar-refractivity contribution in [1.82, 2.24) is 0 Å². The molecule has 0 bridgehead atoms. The molecule has 1 saturated carbocycles. The Labute approximate surface area is 125 Å². The molecule has 1 aromatic rings. The van der Waals surface area contributed by atoms with E-state index in [1.807, 2.05) is 0 Å². The van der Waals surface area contributed by atoms with Gasteiger partial charge in [0.1, 0.15) is 23.6 Å². The fourth-order valence-electron chi connectivity index (χ4n) is 2.92. The van der Waals surface area contributed by atoms with E-state index in [1.165, 1.54) is 6.92 Å². The van der Waals surface area contributed by atoms with Gasteiger partial charge in [-0.3, -0.25) is 9.59 Å². The molecule has 0 spiro atoms. The van der Waals surface area contributed by atoms with Gasteiger partial charge >= 0.3 is 0 Å². The van der Waals surface area contributed by atoms with E-state index in [2.05, 4.69) is 6.58 Å². The van der Waals surface area contributed by atoms with Crippen molar-refractivity contribution in [2.45, 2.75) is 32.6 Å². The Bertz CT molecular complexity index is 579. The molecular formula is C17H21NO3. The molecule has 0 aromatic heterocycles. The summed E-state index contributed by atoms with van der Waals surface area (Å²) in [5.74, 6) is 0.453. The highest BCUT2D eigenvalue weighted by Gasteiger charge is 2.46. The highest BCUT2D eigenvalue weighted by molar-refractivity contribution is 6.09. The number of hydrogen-bond donors (Lipinski definition) is 1. The summed E-state index contributed by atoms with van der Waals surface area (Å²) in [4.78, 5) is 24.4. The number of anilines is 1. The second-order valence-electron chi connectivity index (χ2n) is 5.56. The summed E-state index contributed by atoms with van der Waals surface area (Å²) in [6.45, 7) is 5.58. The highest BCUT2D eigenvalue weighted by atomic mass is 16.5. The van der Waals surface area contributed by atoms with Crippen LogP contribution in [0.4, 0.5) is 5.69 Å². The maximum Gasteiger partial charge on any atom is 0.150 e. The van der Waals surface area contributed by atoms with Crippen molar-refractivity contribution >= 4 is 17.3 Å². The van der Waals surface area contributed by atoms with Crippen LogP contribution >= 0.6 is 0 Å². The van der Waals surface area contributed by atoms with Crippen molar-refractivity contribution in [2.75, 3.05) is 12.3 Å². The third kappa shape index (κ3) is 2.99. The van der Waals surface area contributed by atoms with Crippen LogP contribution in [0, 0.1) is 5.41 Å². The Morgan fingerprint density at radius 3 is 2.81 bits per heavy atom. The van der Waals surface area contributed by atoms with Crippen LogP contribution in [0.25, 0.3) is 0 Å². The second-order valence-corrected chi connectivity index (χ2v) is 5.56. The maximum atomic E-state index is 12.3. The molecule has 2 rings (SSSR count). The van der Waals surface area contributed by atoms with Crippen molar-refractivity contribution in [2.24, 2.45) is 5.41 Å². The molecule has 0 radical (unpaired) electrons. The van der Waals surface area contributed by atoms with Gasteiger partial charge in [0, 0.05) is 18.2 Å². The van der Waals surface area contributed by atoms with E-state index in [1.54, 1.807) is 24.3 Å². The predicted octanol–water partition coefficient (Wildman–Crippen LogP) is 2.92.